The van der Waals surface area contributed by atoms with Crippen molar-refractivity contribution >= 4 is 28.1 Å². The lowest BCUT2D eigenvalue weighted by atomic mass is 10.0. The van der Waals surface area contributed by atoms with Crippen LogP contribution in [-0.4, -0.2) is 30.7 Å². The third kappa shape index (κ3) is 5.81. The molecule has 24 heavy (non-hydrogen) atoms. The molecule has 5 heteroatoms. The van der Waals surface area contributed by atoms with Crippen LogP contribution < -0.4 is 0 Å². The highest BCUT2D eigenvalue weighted by Crippen LogP contribution is 2.19. The molecule has 2 aromatic carbocycles. The fourth-order valence-electron chi connectivity index (χ4n) is 2.14. The summed E-state index contributed by atoms with van der Waals surface area (Å²) in [7, 11) is 1.51. The van der Waals surface area contributed by atoms with Crippen molar-refractivity contribution in [3.63, 3.8) is 0 Å². The molecule has 0 aliphatic heterocycles. The highest BCUT2D eigenvalue weighted by molar-refractivity contribution is 9.09. The van der Waals surface area contributed by atoms with Gasteiger partial charge in [0, 0.05) is 11.0 Å². The predicted octanol–water partition coefficient (Wildman–Crippen LogP) is 4.69. The van der Waals surface area contributed by atoms with Crippen LogP contribution in [0.3, 0.4) is 0 Å². The maximum atomic E-state index is 12.1. The number of oxime groups is 1. The minimum absolute atomic E-state index is 0.0911. The number of nitrogens with zero attached hydrogens (tertiary/aromatic N) is 1. The summed E-state index contributed by atoms with van der Waals surface area (Å²) in [6, 6.07) is 17.5. The fraction of sp³-hybridized carbons (Fsp3) is 0.263. The molecular formula is C19H20BrNO3. The van der Waals surface area contributed by atoms with Crippen LogP contribution in [0.1, 0.15) is 23.2 Å². The van der Waals surface area contributed by atoms with Gasteiger partial charge in [-0.1, -0.05) is 63.6 Å². The van der Waals surface area contributed by atoms with E-state index in [-0.39, 0.29) is 10.8 Å². The van der Waals surface area contributed by atoms with Gasteiger partial charge >= 0.3 is 5.97 Å². The SMILES string of the molecule is CON=CCCC(Br)COC(=O)c1ccc(-c2ccccc2)cc1. The van der Waals surface area contributed by atoms with E-state index in [1.807, 2.05) is 42.5 Å². The van der Waals surface area contributed by atoms with Crippen LogP contribution in [0.25, 0.3) is 11.1 Å². The van der Waals surface area contributed by atoms with Gasteiger partial charge in [-0.2, -0.15) is 0 Å². The summed E-state index contributed by atoms with van der Waals surface area (Å²) < 4.78 is 5.33. The maximum Gasteiger partial charge on any atom is 0.338 e. The monoisotopic (exact) mass is 389 g/mol. The van der Waals surface area contributed by atoms with Crippen LogP contribution in [0, 0.1) is 0 Å². The summed E-state index contributed by atoms with van der Waals surface area (Å²) in [6.07, 6.45) is 3.26. The highest BCUT2D eigenvalue weighted by Gasteiger charge is 2.11. The minimum Gasteiger partial charge on any atom is -0.461 e. The number of carbonyl (C=O) groups is 1. The quantitative estimate of drug-likeness (QED) is 0.285. The third-order valence-electron chi connectivity index (χ3n) is 3.41. The second-order valence-corrected chi connectivity index (χ2v) is 6.48. The van der Waals surface area contributed by atoms with Gasteiger partial charge in [0.05, 0.1) is 5.56 Å². The maximum absolute atomic E-state index is 12.1. The van der Waals surface area contributed by atoms with Crippen molar-refractivity contribution in [2.45, 2.75) is 17.7 Å². The van der Waals surface area contributed by atoms with E-state index in [4.69, 9.17) is 4.74 Å². The molecule has 2 rings (SSSR count). The Hall–Kier alpha value is -2.14. The predicted molar refractivity (Wildman–Crippen MR) is 99.6 cm³/mol. The summed E-state index contributed by atoms with van der Waals surface area (Å²) in [5, 5.41) is 3.67. The Morgan fingerprint density at radius 3 is 2.46 bits per heavy atom. The van der Waals surface area contributed by atoms with Gasteiger partial charge in [0.2, 0.25) is 0 Å². The second kappa shape index (κ2) is 9.88. The van der Waals surface area contributed by atoms with Gasteiger partial charge in [0.25, 0.3) is 0 Å². The second-order valence-electron chi connectivity index (χ2n) is 5.19. The lowest BCUT2D eigenvalue weighted by molar-refractivity contribution is 0.0506. The summed E-state index contributed by atoms with van der Waals surface area (Å²) in [5.74, 6) is -0.315. The number of hydrogen-bond acceptors (Lipinski definition) is 4. The van der Waals surface area contributed by atoms with Gasteiger partial charge in [0.15, 0.2) is 0 Å². The number of halogens is 1. The fourth-order valence-corrected chi connectivity index (χ4v) is 2.54. The zero-order valence-corrected chi connectivity index (χ0v) is 15.1. The highest BCUT2D eigenvalue weighted by atomic mass is 79.9. The lowest BCUT2D eigenvalue weighted by Gasteiger charge is -2.10. The van der Waals surface area contributed by atoms with Crippen molar-refractivity contribution in [2.24, 2.45) is 5.16 Å². The van der Waals surface area contributed by atoms with E-state index < -0.39 is 0 Å². The third-order valence-corrected chi connectivity index (χ3v) is 4.13. The van der Waals surface area contributed by atoms with Crippen molar-refractivity contribution in [3.05, 3.63) is 60.2 Å². The molecule has 0 heterocycles. The van der Waals surface area contributed by atoms with Crippen molar-refractivity contribution < 1.29 is 14.4 Å². The van der Waals surface area contributed by atoms with Crippen LogP contribution in [0.5, 0.6) is 0 Å². The Labute approximate surface area is 150 Å². The molecule has 4 nitrogen and oxygen atoms in total. The number of carbonyl (C=O) groups excluding carboxylic acids is 1. The molecule has 0 aromatic heterocycles. The van der Waals surface area contributed by atoms with Gasteiger partial charge in [0.1, 0.15) is 13.7 Å². The first-order valence-corrected chi connectivity index (χ1v) is 8.64. The molecule has 0 N–H and O–H groups in total. The number of esters is 1. The zero-order chi connectivity index (χ0) is 17.2. The Morgan fingerprint density at radius 1 is 1.12 bits per heavy atom. The molecule has 0 aliphatic rings. The van der Waals surface area contributed by atoms with E-state index in [2.05, 4.69) is 25.9 Å². The van der Waals surface area contributed by atoms with Crippen molar-refractivity contribution in [1.82, 2.24) is 0 Å². The molecule has 0 aliphatic carbocycles. The molecule has 126 valence electrons. The Bertz CT molecular complexity index is 656. The molecule has 2 aromatic rings. The van der Waals surface area contributed by atoms with Crippen molar-refractivity contribution in [2.75, 3.05) is 13.7 Å². The summed E-state index contributed by atoms with van der Waals surface area (Å²) in [6.45, 7) is 0.320. The first kappa shape index (κ1) is 18.2. The molecule has 0 saturated heterocycles. The number of alkyl halides is 1. The van der Waals surface area contributed by atoms with Crippen LogP contribution >= 0.6 is 15.9 Å². The van der Waals surface area contributed by atoms with Gasteiger partial charge < -0.3 is 9.57 Å². The average Bonchev–Trinajstić information content (AvgIpc) is 2.64. The molecule has 1 atom stereocenters. The Kier molecular flexibility index (Phi) is 7.49. The molecule has 0 saturated carbocycles. The molecule has 0 fully saturated rings. The van der Waals surface area contributed by atoms with Crippen LogP contribution in [0.15, 0.2) is 59.8 Å². The van der Waals surface area contributed by atoms with Gasteiger partial charge in [-0.25, -0.2) is 4.79 Å². The van der Waals surface area contributed by atoms with Gasteiger partial charge in [-0.3, -0.25) is 0 Å². The van der Waals surface area contributed by atoms with E-state index in [0.29, 0.717) is 12.2 Å². The van der Waals surface area contributed by atoms with E-state index in [0.717, 1.165) is 24.0 Å². The smallest absolute Gasteiger partial charge is 0.338 e. The number of rotatable bonds is 8. The van der Waals surface area contributed by atoms with Crippen molar-refractivity contribution in [3.8, 4) is 11.1 Å². The van der Waals surface area contributed by atoms with E-state index in [9.17, 15) is 4.79 Å². The summed E-state index contributed by atoms with van der Waals surface area (Å²) >= 11 is 3.49. The molecule has 0 bridgehead atoms. The number of ether oxygens (including phenoxy) is 1. The normalized spacial score (nSPS) is 12.1. The van der Waals surface area contributed by atoms with Crippen LogP contribution in [0.2, 0.25) is 0 Å². The minimum atomic E-state index is -0.315. The molecule has 0 amide bonds. The largest absolute Gasteiger partial charge is 0.461 e. The standard InChI is InChI=1S/C19H20BrNO3/c1-23-21-13-5-8-18(20)14-24-19(22)17-11-9-16(10-12-17)15-6-3-2-4-7-15/h2-4,6-7,9-13,18H,5,8,14H2,1H3. The topological polar surface area (TPSA) is 47.9 Å². The number of benzene rings is 2. The van der Waals surface area contributed by atoms with E-state index >= 15 is 0 Å². The molecular weight excluding hydrogens is 370 g/mol. The van der Waals surface area contributed by atoms with Crippen molar-refractivity contribution in [1.29, 1.82) is 0 Å². The van der Waals surface area contributed by atoms with Crippen LogP contribution in [-0.2, 0) is 9.57 Å². The lowest BCUT2D eigenvalue weighted by Crippen LogP contribution is -2.14. The van der Waals surface area contributed by atoms with Gasteiger partial charge in [-0.05, 0) is 36.1 Å². The average molecular weight is 390 g/mol. The first-order valence-electron chi connectivity index (χ1n) is 7.72. The Morgan fingerprint density at radius 2 is 1.79 bits per heavy atom. The first-order chi connectivity index (χ1) is 11.7. The Balaban J connectivity index is 1.83. The summed E-state index contributed by atoms with van der Waals surface area (Å²) in [4.78, 5) is 16.8. The van der Waals surface area contributed by atoms with Gasteiger partial charge in [-0.15, -0.1) is 0 Å². The molecule has 1 unspecified atom stereocenters. The molecule has 0 radical (unpaired) electrons. The summed E-state index contributed by atoms with van der Waals surface area (Å²) in [5.41, 5.74) is 2.74. The number of hydrogen-bond donors (Lipinski definition) is 0. The van der Waals surface area contributed by atoms with E-state index in [1.54, 1.807) is 18.3 Å². The van der Waals surface area contributed by atoms with Crippen LogP contribution in [0.4, 0.5) is 0 Å². The zero-order valence-electron chi connectivity index (χ0n) is 13.5. The van der Waals surface area contributed by atoms with E-state index in [1.165, 1.54) is 7.11 Å². The molecule has 0 spiro atoms.